The normalized spacial score (nSPS) is 19.4. The Morgan fingerprint density at radius 1 is 1.03 bits per heavy atom. The zero-order valence-corrected chi connectivity index (χ0v) is 24.9. The molecular weight excluding hydrogens is 490 g/mol. The summed E-state index contributed by atoms with van der Waals surface area (Å²) in [6.45, 7) is 12.5. The smallest absolute Gasteiger partial charge is 0.272 e. The first kappa shape index (κ1) is 28.7. The molecular formula is C31H45N5OS. The monoisotopic (exact) mass is 535 g/mol. The summed E-state index contributed by atoms with van der Waals surface area (Å²) in [5, 5.41) is 0. The second-order valence-electron chi connectivity index (χ2n) is 11.9. The van der Waals surface area contributed by atoms with Crippen LogP contribution in [0.25, 0.3) is 12.2 Å². The second-order valence-corrected chi connectivity index (χ2v) is 13.7. The lowest BCUT2D eigenvalue weighted by molar-refractivity contribution is 0.0545. The first-order valence-electron chi connectivity index (χ1n) is 13.9. The lowest BCUT2D eigenvalue weighted by atomic mass is 9.87. The molecule has 0 saturated carbocycles. The Morgan fingerprint density at radius 3 is 2.24 bits per heavy atom. The summed E-state index contributed by atoms with van der Waals surface area (Å²) in [4.78, 5) is 26.9. The van der Waals surface area contributed by atoms with Crippen molar-refractivity contribution in [1.82, 2.24) is 24.1 Å². The maximum absolute atomic E-state index is 13.4. The fourth-order valence-corrected chi connectivity index (χ4v) is 6.29. The van der Waals surface area contributed by atoms with Crippen molar-refractivity contribution in [3.05, 3.63) is 58.7 Å². The van der Waals surface area contributed by atoms with Gasteiger partial charge in [0.25, 0.3) is 5.91 Å². The highest BCUT2D eigenvalue weighted by Crippen LogP contribution is 2.27. The number of benzene rings is 1. The van der Waals surface area contributed by atoms with Gasteiger partial charge in [0.05, 0.1) is 5.69 Å². The molecule has 1 amide bonds. The first-order valence-corrected chi connectivity index (χ1v) is 15.6. The Kier molecular flexibility index (Phi) is 9.22. The van der Waals surface area contributed by atoms with Crippen LogP contribution in [0.15, 0.2) is 30.6 Å². The van der Waals surface area contributed by atoms with Gasteiger partial charge in [-0.2, -0.15) is 0 Å². The highest BCUT2D eigenvalue weighted by Gasteiger charge is 2.31. The highest BCUT2D eigenvalue weighted by atomic mass is 32.2. The van der Waals surface area contributed by atoms with E-state index in [1.807, 2.05) is 17.9 Å². The van der Waals surface area contributed by atoms with Crippen molar-refractivity contribution < 1.29 is 4.79 Å². The summed E-state index contributed by atoms with van der Waals surface area (Å²) in [5.74, 6) is 4.23. The van der Waals surface area contributed by atoms with Crippen molar-refractivity contribution in [3.8, 4) is 0 Å². The quantitative estimate of drug-likeness (QED) is 0.457. The van der Waals surface area contributed by atoms with E-state index in [-0.39, 0.29) is 22.0 Å². The number of hydrogen-bond donors (Lipinski definition) is 0. The molecule has 2 fully saturated rings. The van der Waals surface area contributed by atoms with E-state index < -0.39 is 0 Å². The number of hydrogen-bond acceptors (Lipinski definition) is 5. The topological polar surface area (TPSA) is 52.6 Å². The summed E-state index contributed by atoms with van der Waals surface area (Å²) in [7, 11) is 2.29. The third-order valence-corrected chi connectivity index (χ3v) is 9.59. The predicted octanol–water partition coefficient (Wildman–Crippen LogP) is 5.50. The molecule has 7 heteroatoms. The van der Waals surface area contributed by atoms with E-state index in [2.05, 4.69) is 89.5 Å². The number of carbonyl (C=O) groups is 1. The van der Waals surface area contributed by atoms with E-state index in [9.17, 15) is 4.79 Å². The van der Waals surface area contributed by atoms with Crippen molar-refractivity contribution in [3.63, 3.8) is 0 Å². The van der Waals surface area contributed by atoms with Gasteiger partial charge in [-0.25, -0.2) is 9.97 Å². The van der Waals surface area contributed by atoms with Crippen LogP contribution >= 0.6 is 10.7 Å². The number of aromatic nitrogens is 2. The molecule has 1 unspecified atom stereocenters. The number of nitrogens with zero attached hydrogens (tertiary/aromatic N) is 5. The fourth-order valence-electron chi connectivity index (χ4n) is 5.57. The van der Waals surface area contributed by atoms with Gasteiger partial charge in [0.1, 0.15) is 12.0 Å². The molecule has 2 saturated heterocycles. The van der Waals surface area contributed by atoms with Gasteiger partial charge in [-0.15, -0.1) is 10.7 Å². The molecule has 1 aromatic heterocycles. The Hall–Kier alpha value is -2.35. The van der Waals surface area contributed by atoms with Crippen LogP contribution in [0.1, 0.15) is 79.3 Å². The van der Waals surface area contributed by atoms with E-state index >= 15 is 0 Å². The second kappa shape index (κ2) is 12.2. The summed E-state index contributed by atoms with van der Waals surface area (Å²) in [5.41, 5.74) is 4.72. The molecule has 4 rings (SSSR count). The summed E-state index contributed by atoms with van der Waals surface area (Å²) in [6.07, 6.45) is 12.2. The van der Waals surface area contributed by atoms with Gasteiger partial charge in [-0.1, -0.05) is 57.0 Å². The minimum Gasteiger partial charge on any atom is -0.337 e. The highest BCUT2D eigenvalue weighted by molar-refractivity contribution is 8.11. The largest absolute Gasteiger partial charge is 0.337 e. The van der Waals surface area contributed by atoms with Crippen LogP contribution in [0.5, 0.6) is 0 Å². The van der Waals surface area contributed by atoms with Crippen LogP contribution in [0.4, 0.5) is 0 Å². The van der Waals surface area contributed by atoms with E-state index in [1.165, 1.54) is 24.7 Å². The maximum Gasteiger partial charge on any atom is 0.272 e. The molecule has 0 bridgehead atoms. The molecule has 2 aromatic rings. The predicted molar refractivity (Wildman–Crippen MR) is 163 cm³/mol. The Bertz CT molecular complexity index is 1150. The third kappa shape index (κ3) is 6.80. The number of carbonyl (C=O) groups excluding carboxylic acids is 1. The third-order valence-electron chi connectivity index (χ3n) is 8.31. The van der Waals surface area contributed by atoms with E-state index in [0.29, 0.717) is 17.8 Å². The molecule has 1 atom stereocenters. The lowest BCUT2D eigenvalue weighted by Gasteiger charge is -2.43. The van der Waals surface area contributed by atoms with Crippen LogP contribution in [0, 0.1) is 6.92 Å². The molecule has 3 heterocycles. The molecule has 38 heavy (non-hydrogen) atoms. The van der Waals surface area contributed by atoms with Crippen LogP contribution in [-0.4, -0.2) is 87.4 Å². The first-order chi connectivity index (χ1) is 18.0. The summed E-state index contributed by atoms with van der Waals surface area (Å²) in [6, 6.07) is 9.83. The van der Waals surface area contributed by atoms with Gasteiger partial charge in [-0.05, 0) is 81.6 Å². The van der Waals surface area contributed by atoms with Crippen molar-refractivity contribution in [2.75, 3.05) is 39.5 Å². The van der Waals surface area contributed by atoms with Gasteiger partial charge >= 0.3 is 0 Å². The number of rotatable bonds is 6. The lowest BCUT2D eigenvalue weighted by Crippen LogP contribution is -2.51. The van der Waals surface area contributed by atoms with Crippen LogP contribution < -0.4 is 0 Å². The Balaban J connectivity index is 1.34. The maximum atomic E-state index is 13.4. The van der Waals surface area contributed by atoms with Crippen molar-refractivity contribution in [1.29, 1.82) is 0 Å². The SMILES string of the molecule is C=S(C)N(C)C1CCN(C2CCN(C(=O)c3ncnc(/C=C/c4ccc(C(C)(C)C)cc4)c3C)CC2)CC1. The molecule has 206 valence electrons. The zero-order valence-electron chi connectivity index (χ0n) is 24.1. The van der Waals surface area contributed by atoms with Crippen LogP contribution in [0.2, 0.25) is 0 Å². The molecule has 0 radical (unpaired) electrons. The summed E-state index contributed by atoms with van der Waals surface area (Å²) >= 11 is 0. The summed E-state index contributed by atoms with van der Waals surface area (Å²) < 4.78 is 2.44. The van der Waals surface area contributed by atoms with E-state index in [4.69, 9.17) is 0 Å². The van der Waals surface area contributed by atoms with Gasteiger partial charge in [-0.3, -0.25) is 9.10 Å². The molecule has 0 N–H and O–H groups in total. The minimum absolute atomic E-state index is 0.0262. The number of likely N-dealkylation sites (tertiary alicyclic amines) is 2. The van der Waals surface area contributed by atoms with Gasteiger partial charge < -0.3 is 9.80 Å². The average molecular weight is 536 g/mol. The zero-order chi connectivity index (χ0) is 27.4. The Morgan fingerprint density at radius 2 is 1.66 bits per heavy atom. The number of amides is 1. The minimum atomic E-state index is 0.0262. The van der Waals surface area contributed by atoms with E-state index in [0.717, 1.165) is 55.8 Å². The standard InChI is InChI=1S/C31H45N5OS/c1-23-28(13-10-24-8-11-25(12-9-24)31(2,3)4)32-22-33-29(23)30(37)36-20-16-27(17-21-36)35-18-14-26(15-19-35)34(5)38(6)7/h8-13,22,26-27H,6,14-21H2,1-5,7H3/b13-10+. The number of piperidine rings is 2. The molecule has 2 aliphatic rings. The van der Waals surface area contributed by atoms with Crippen LogP contribution in [0.3, 0.4) is 0 Å². The molecule has 6 nitrogen and oxygen atoms in total. The molecule has 0 aliphatic carbocycles. The van der Waals surface area contributed by atoms with Crippen LogP contribution in [-0.2, 0) is 5.41 Å². The fraction of sp³-hybridized carbons (Fsp3) is 0.548. The van der Waals surface area contributed by atoms with Gasteiger partial charge in [0.2, 0.25) is 0 Å². The van der Waals surface area contributed by atoms with E-state index in [1.54, 1.807) is 0 Å². The van der Waals surface area contributed by atoms with Crippen molar-refractivity contribution in [2.45, 2.75) is 70.9 Å². The van der Waals surface area contributed by atoms with Crippen molar-refractivity contribution in [2.24, 2.45) is 0 Å². The van der Waals surface area contributed by atoms with Crippen molar-refractivity contribution >= 4 is 34.6 Å². The Labute approximate surface area is 232 Å². The molecule has 0 spiro atoms. The average Bonchev–Trinajstić information content (AvgIpc) is 2.91. The molecule has 1 aromatic carbocycles. The van der Waals surface area contributed by atoms with Gasteiger partial charge in [0.15, 0.2) is 0 Å². The molecule has 2 aliphatic heterocycles. The van der Waals surface area contributed by atoms with Gasteiger partial charge in [0, 0.05) is 30.7 Å².